The quantitative estimate of drug-likeness (QED) is 0.179. The van der Waals surface area contributed by atoms with Crippen molar-refractivity contribution in [3.8, 4) is 22.3 Å². The number of hydrogen-bond donors (Lipinski definition) is 0. The lowest BCUT2D eigenvalue weighted by atomic mass is 9.59. The molecule has 1 nitrogen and oxygen atoms in total. The Hall–Kier alpha value is -4.10. The van der Waals surface area contributed by atoms with Crippen molar-refractivity contribution >= 4 is 17.1 Å². The molecule has 0 fully saturated rings. The summed E-state index contributed by atoms with van der Waals surface area (Å²) in [7, 11) is 0. The molecule has 0 radical (unpaired) electrons. The summed E-state index contributed by atoms with van der Waals surface area (Å²) >= 11 is 0. The molecule has 0 bridgehead atoms. The lowest BCUT2D eigenvalue weighted by molar-refractivity contribution is 0.125. The van der Waals surface area contributed by atoms with Crippen LogP contribution in [0.3, 0.4) is 0 Å². The third-order valence-electron chi connectivity index (χ3n) is 15.4. The van der Waals surface area contributed by atoms with Crippen molar-refractivity contribution < 1.29 is 0 Å². The summed E-state index contributed by atoms with van der Waals surface area (Å²) in [5.41, 5.74) is 17.4. The van der Waals surface area contributed by atoms with Crippen LogP contribution < -0.4 is 4.90 Å². The first-order chi connectivity index (χ1) is 23.6. The molecule has 2 aliphatic carbocycles. The molecule has 0 aromatic heterocycles. The van der Waals surface area contributed by atoms with Gasteiger partial charge in [0, 0.05) is 17.1 Å². The first-order valence-corrected chi connectivity index (χ1v) is 19.0. The molecule has 7 rings (SSSR count). The van der Waals surface area contributed by atoms with Crippen LogP contribution >= 0.6 is 0 Å². The van der Waals surface area contributed by atoms with Crippen molar-refractivity contribution in [2.24, 2.45) is 10.8 Å². The Morgan fingerprint density at radius 1 is 0.314 bits per heavy atom. The second-order valence-electron chi connectivity index (χ2n) is 19.0. The lowest BCUT2D eigenvalue weighted by Gasteiger charge is -2.44. The minimum absolute atomic E-state index is 0.0310. The van der Waals surface area contributed by atoms with E-state index in [9.17, 15) is 0 Å². The maximum atomic E-state index is 2.51. The maximum absolute atomic E-state index is 2.51. The predicted molar refractivity (Wildman–Crippen MR) is 221 cm³/mol. The standard InChI is InChI=1S/C50H59N/c1-32-15-21-38(22-16-32)51(39-23-17-33(2)18-24-39)40-28-36(34-19-25-41-43(30-34)47(7,8)49(11,12)45(41,3)4)27-37(29-40)35-20-26-42-44(31-35)48(9,10)50(13,14)46(42,5)6/h15-31H,1-14H3. The van der Waals surface area contributed by atoms with Crippen LogP contribution in [0.1, 0.15) is 116 Å². The number of aryl methyl sites for hydroxylation is 2. The highest BCUT2D eigenvalue weighted by atomic mass is 15.1. The zero-order valence-electron chi connectivity index (χ0n) is 33.8. The zero-order valence-corrected chi connectivity index (χ0v) is 33.8. The van der Waals surface area contributed by atoms with Gasteiger partial charge < -0.3 is 4.90 Å². The van der Waals surface area contributed by atoms with E-state index in [1.165, 1.54) is 55.6 Å². The average Bonchev–Trinajstić information content (AvgIpc) is 3.26. The molecule has 51 heavy (non-hydrogen) atoms. The van der Waals surface area contributed by atoms with E-state index in [0.29, 0.717) is 0 Å². The van der Waals surface area contributed by atoms with Gasteiger partial charge in [-0.2, -0.15) is 0 Å². The van der Waals surface area contributed by atoms with Crippen LogP contribution in [0.25, 0.3) is 22.3 Å². The molecule has 5 aromatic rings. The fourth-order valence-electron chi connectivity index (χ4n) is 9.39. The molecule has 264 valence electrons. The Morgan fingerprint density at radius 2 is 0.647 bits per heavy atom. The minimum atomic E-state index is 0.0310. The van der Waals surface area contributed by atoms with Gasteiger partial charge in [0.1, 0.15) is 0 Å². The second kappa shape index (κ2) is 11.2. The van der Waals surface area contributed by atoms with Gasteiger partial charge in [-0.3, -0.25) is 0 Å². The highest BCUT2D eigenvalue weighted by Gasteiger charge is 2.57. The van der Waals surface area contributed by atoms with Gasteiger partial charge in [0.15, 0.2) is 0 Å². The van der Waals surface area contributed by atoms with E-state index in [1.807, 2.05) is 0 Å². The van der Waals surface area contributed by atoms with E-state index in [1.54, 1.807) is 0 Å². The van der Waals surface area contributed by atoms with E-state index in [2.05, 4.69) is 205 Å². The molecule has 1 heteroatoms. The summed E-state index contributed by atoms with van der Waals surface area (Å²) in [4.78, 5) is 2.43. The highest BCUT2D eigenvalue weighted by molar-refractivity contribution is 5.85. The van der Waals surface area contributed by atoms with Gasteiger partial charge >= 0.3 is 0 Å². The molecule has 0 saturated heterocycles. The van der Waals surface area contributed by atoms with Gasteiger partial charge in [-0.1, -0.05) is 155 Å². The topological polar surface area (TPSA) is 3.24 Å². The van der Waals surface area contributed by atoms with Crippen molar-refractivity contribution in [2.75, 3.05) is 4.90 Å². The van der Waals surface area contributed by atoms with Crippen molar-refractivity contribution in [2.45, 2.75) is 119 Å². The van der Waals surface area contributed by atoms with E-state index >= 15 is 0 Å². The largest absolute Gasteiger partial charge is 0.310 e. The summed E-state index contributed by atoms with van der Waals surface area (Å²) in [6.07, 6.45) is 0. The molecule has 5 aromatic carbocycles. The number of fused-ring (bicyclic) bond motifs is 2. The first-order valence-electron chi connectivity index (χ1n) is 19.0. The summed E-state index contributed by atoms with van der Waals surface area (Å²) in [5, 5.41) is 0. The number of benzene rings is 5. The van der Waals surface area contributed by atoms with E-state index in [-0.39, 0.29) is 32.5 Å². The Bertz CT molecular complexity index is 2000. The molecule has 0 aliphatic heterocycles. The van der Waals surface area contributed by atoms with Crippen LogP contribution in [0.2, 0.25) is 0 Å². The van der Waals surface area contributed by atoms with Crippen molar-refractivity contribution in [3.63, 3.8) is 0 Å². The number of rotatable bonds is 5. The highest BCUT2D eigenvalue weighted by Crippen LogP contribution is 2.63. The second-order valence-corrected chi connectivity index (χ2v) is 19.0. The summed E-state index contributed by atoms with van der Waals surface area (Å²) < 4.78 is 0. The van der Waals surface area contributed by atoms with Crippen molar-refractivity contribution in [3.05, 3.63) is 137 Å². The van der Waals surface area contributed by atoms with Crippen molar-refractivity contribution in [1.82, 2.24) is 0 Å². The molecular weight excluding hydrogens is 615 g/mol. The van der Waals surface area contributed by atoms with Crippen LogP contribution in [-0.4, -0.2) is 0 Å². The fourth-order valence-corrected chi connectivity index (χ4v) is 9.39. The molecule has 0 N–H and O–H groups in total. The molecule has 0 spiro atoms. The summed E-state index contributed by atoms with van der Waals surface area (Å²) in [5.74, 6) is 0. The van der Waals surface area contributed by atoms with E-state index < -0.39 is 0 Å². The van der Waals surface area contributed by atoms with Crippen LogP contribution in [0.5, 0.6) is 0 Å². The summed E-state index contributed by atoms with van der Waals surface area (Å²) in [6.45, 7) is 33.6. The monoisotopic (exact) mass is 673 g/mol. The fraction of sp³-hybridized carbons (Fsp3) is 0.400. The molecule has 2 aliphatic rings. The van der Waals surface area contributed by atoms with Gasteiger partial charge in [-0.05, 0) is 133 Å². The maximum Gasteiger partial charge on any atom is 0.0473 e. The Morgan fingerprint density at radius 3 is 1.00 bits per heavy atom. The molecule has 0 heterocycles. The summed E-state index contributed by atoms with van der Waals surface area (Å²) in [6, 6.07) is 39.8. The van der Waals surface area contributed by atoms with Crippen LogP contribution in [0.4, 0.5) is 17.1 Å². The molecule has 0 unspecified atom stereocenters. The molecule has 0 atom stereocenters. The Kier molecular flexibility index (Phi) is 7.75. The van der Waals surface area contributed by atoms with Crippen molar-refractivity contribution in [1.29, 1.82) is 0 Å². The molecule has 0 saturated carbocycles. The Balaban J connectivity index is 1.49. The zero-order chi connectivity index (χ0) is 37.1. The van der Waals surface area contributed by atoms with E-state index in [0.717, 1.165) is 17.1 Å². The minimum Gasteiger partial charge on any atom is -0.310 e. The van der Waals surface area contributed by atoms with Gasteiger partial charge in [0.2, 0.25) is 0 Å². The average molecular weight is 674 g/mol. The normalized spacial score (nSPS) is 19.7. The van der Waals surface area contributed by atoms with Crippen LogP contribution in [-0.2, 0) is 21.7 Å². The van der Waals surface area contributed by atoms with Gasteiger partial charge in [-0.15, -0.1) is 0 Å². The number of anilines is 3. The third-order valence-corrected chi connectivity index (χ3v) is 15.4. The van der Waals surface area contributed by atoms with Crippen LogP contribution in [0.15, 0.2) is 103 Å². The lowest BCUT2D eigenvalue weighted by Crippen LogP contribution is -2.42. The number of hydrogen-bond acceptors (Lipinski definition) is 1. The molecular formula is C50H59N. The van der Waals surface area contributed by atoms with E-state index in [4.69, 9.17) is 0 Å². The third kappa shape index (κ3) is 4.93. The van der Waals surface area contributed by atoms with Gasteiger partial charge in [0.05, 0.1) is 0 Å². The SMILES string of the molecule is Cc1ccc(N(c2ccc(C)cc2)c2cc(-c3ccc4c(c3)C(C)(C)C(C)(C)C4(C)C)cc(-c3ccc4c(c3)C(C)(C)C(C)(C)C4(C)C)c2)cc1. The van der Waals surface area contributed by atoms with Gasteiger partial charge in [0.25, 0.3) is 0 Å². The predicted octanol–water partition coefficient (Wildman–Crippen LogP) is 14.3. The molecule has 0 amide bonds. The smallest absolute Gasteiger partial charge is 0.0473 e. The first kappa shape index (κ1) is 35.3. The van der Waals surface area contributed by atoms with Gasteiger partial charge in [-0.25, -0.2) is 0 Å². The number of nitrogens with zero attached hydrogens (tertiary/aromatic N) is 1. The van der Waals surface area contributed by atoms with Crippen LogP contribution in [0, 0.1) is 24.7 Å². The Labute approximate surface area is 309 Å².